The number of carbonyl (C=O) groups excluding carboxylic acids is 1. The highest BCUT2D eigenvalue weighted by molar-refractivity contribution is 7.16. The summed E-state index contributed by atoms with van der Waals surface area (Å²) in [5, 5.41) is 3.94. The van der Waals surface area contributed by atoms with Crippen LogP contribution in [0.4, 0.5) is 0 Å². The molecular formula is C26H29ClN4OS. The smallest absolute Gasteiger partial charge is 0.253 e. The molecule has 0 N–H and O–H groups in total. The van der Waals surface area contributed by atoms with Gasteiger partial charge < -0.3 is 9.80 Å². The second-order valence-electron chi connectivity index (χ2n) is 10.1. The van der Waals surface area contributed by atoms with Gasteiger partial charge in [-0.3, -0.25) is 4.79 Å². The number of fused-ring (bicyclic) bond motifs is 3. The van der Waals surface area contributed by atoms with Gasteiger partial charge in [0, 0.05) is 47.1 Å². The van der Waals surface area contributed by atoms with Gasteiger partial charge in [-0.1, -0.05) is 17.7 Å². The lowest BCUT2D eigenvalue weighted by Gasteiger charge is -2.40. The summed E-state index contributed by atoms with van der Waals surface area (Å²) >= 11 is 8.41. The minimum Gasteiger partial charge on any atom is -0.339 e. The van der Waals surface area contributed by atoms with Gasteiger partial charge in [0.25, 0.3) is 5.91 Å². The Morgan fingerprint density at radius 1 is 1.12 bits per heavy atom. The first-order valence-corrected chi connectivity index (χ1v) is 13.2. The summed E-state index contributed by atoms with van der Waals surface area (Å²) in [7, 11) is 4.19. The van der Waals surface area contributed by atoms with Crippen LogP contribution in [0, 0.1) is 6.92 Å². The molecule has 172 valence electrons. The standard InChI is InChI=1S/C26H29ClN4OS/c1-14-28-24(20-8-9-33-25(20)29-14)22-13-21(22)19-7-4-15(10-23(19)27)26(32)31(3)18-11-16-5-6-17(12-18)30(16)2/h4,7-10,16-18,21-22H,5-6,11-13H2,1-3H3/t16?,17?,18?,21-,22+/m0/s1. The third kappa shape index (κ3) is 3.67. The van der Waals surface area contributed by atoms with Crippen molar-refractivity contribution >= 4 is 39.1 Å². The molecule has 3 aliphatic rings. The predicted octanol–water partition coefficient (Wildman–Crippen LogP) is 5.62. The Hall–Kier alpha value is -2.02. The van der Waals surface area contributed by atoms with Gasteiger partial charge in [-0.2, -0.15) is 0 Å². The molecule has 2 unspecified atom stereocenters. The van der Waals surface area contributed by atoms with E-state index < -0.39 is 0 Å². The highest BCUT2D eigenvalue weighted by Crippen LogP contribution is 2.57. The molecule has 1 amide bonds. The van der Waals surface area contributed by atoms with Crippen LogP contribution in [0.3, 0.4) is 0 Å². The van der Waals surface area contributed by atoms with Gasteiger partial charge in [-0.15, -0.1) is 11.3 Å². The average Bonchev–Trinajstić information content (AvgIpc) is 3.40. The summed E-state index contributed by atoms with van der Waals surface area (Å²) in [6.07, 6.45) is 5.69. The Kier molecular flexibility index (Phi) is 5.24. The fourth-order valence-corrected chi connectivity index (χ4v) is 7.28. The molecule has 3 aromatic rings. The van der Waals surface area contributed by atoms with Crippen molar-refractivity contribution in [2.75, 3.05) is 14.1 Å². The normalized spacial score (nSPS) is 28.9. The average molecular weight is 481 g/mol. The number of piperidine rings is 1. The summed E-state index contributed by atoms with van der Waals surface area (Å²) < 4.78 is 0. The van der Waals surface area contributed by atoms with Crippen LogP contribution in [-0.4, -0.2) is 57.9 Å². The first-order chi connectivity index (χ1) is 15.9. The Bertz CT molecular complexity index is 1230. The number of hydrogen-bond donors (Lipinski definition) is 0. The molecule has 3 fully saturated rings. The maximum Gasteiger partial charge on any atom is 0.253 e. The number of benzene rings is 1. The van der Waals surface area contributed by atoms with Gasteiger partial charge in [0.2, 0.25) is 0 Å². The van der Waals surface area contributed by atoms with Gasteiger partial charge in [0.15, 0.2) is 0 Å². The van der Waals surface area contributed by atoms with Crippen LogP contribution in [0.5, 0.6) is 0 Å². The Labute approximate surface area is 203 Å². The third-order valence-electron chi connectivity index (χ3n) is 8.20. The number of amides is 1. The third-order valence-corrected chi connectivity index (χ3v) is 9.33. The van der Waals surface area contributed by atoms with Crippen LogP contribution < -0.4 is 0 Å². The van der Waals surface area contributed by atoms with E-state index in [4.69, 9.17) is 16.6 Å². The number of hydrogen-bond acceptors (Lipinski definition) is 5. The summed E-state index contributed by atoms with van der Waals surface area (Å²) in [5.41, 5.74) is 2.95. The van der Waals surface area contributed by atoms with E-state index in [1.54, 1.807) is 11.3 Å². The monoisotopic (exact) mass is 480 g/mol. The topological polar surface area (TPSA) is 49.3 Å². The van der Waals surface area contributed by atoms with E-state index in [0.29, 0.717) is 40.5 Å². The van der Waals surface area contributed by atoms with Gasteiger partial charge >= 0.3 is 0 Å². The lowest BCUT2D eigenvalue weighted by Crippen LogP contribution is -2.49. The maximum absolute atomic E-state index is 13.3. The van der Waals surface area contributed by atoms with Crippen molar-refractivity contribution in [1.82, 2.24) is 19.8 Å². The van der Waals surface area contributed by atoms with Crippen molar-refractivity contribution in [2.45, 2.75) is 69.0 Å². The first-order valence-electron chi connectivity index (χ1n) is 11.9. The second-order valence-corrected chi connectivity index (χ2v) is 11.4. The fraction of sp³-hybridized carbons (Fsp3) is 0.500. The van der Waals surface area contributed by atoms with Crippen LogP contribution >= 0.6 is 22.9 Å². The molecular weight excluding hydrogens is 452 g/mol. The summed E-state index contributed by atoms with van der Waals surface area (Å²) in [4.78, 5) is 28.1. The van der Waals surface area contributed by atoms with Crippen molar-refractivity contribution in [3.63, 3.8) is 0 Å². The van der Waals surface area contributed by atoms with Gasteiger partial charge in [-0.05, 0) is 81.1 Å². The van der Waals surface area contributed by atoms with E-state index >= 15 is 0 Å². The van der Waals surface area contributed by atoms with Crippen LogP contribution in [-0.2, 0) is 0 Å². The van der Waals surface area contributed by atoms with Crippen molar-refractivity contribution in [3.05, 3.63) is 57.3 Å². The predicted molar refractivity (Wildman–Crippen MR) is 133 cm³/mol. The number of thiophene rings is 1. The SMILES string of the molecule is Cc1nc([C@@H]2C[C@H]2c2ccc(C(=O)N(C)C3CC4CCC(C3)N4C)cc2Cl)c2ccsc2n1. The zero-order valence-corrected chi connectivity index (χ0v) is 20.9. The Morgan fingerprint density at radius 2 is 1.88 bits per heavy atom. The van der Waals surface area contributed by atoms with Crippen molar-refractivity contribution in [2.24, 2.45) is 0 Å². The lowest BCUT2D eigenvalue weighted by atomic mass is 9.96. The Balaban J connectivity index is 1.19. The number of halogens is 1. The molecule has 2 bridgehead atoms. The van der Waals surface area contributed by atoms with Gasteiger partial charge in [0.05, 0.1) is 5.69 Å². The molecule has 1 aliphatic carbocycles. The number of carbonyl (C=O) groups is 1. The molecule has 33 heavy (non-hydrogen) atoms. The minimum absolute atomic E-state index is 0.0798. The highest BCUT2D eigenvalue weighted by Gasteiger charge is 2.43. The Morgan fingerprint density at radius 3 is 2.61 bits per heavy atom. The van der Waals surface area contributed by atoms with E-state index in [9.17, 15) is 4.79 Å². The van der Waals surface area contributed by atoms with Crippen LogP contribution in [0.1, 0.15) is 71.4 Å². The molecule has 2 aromatic heterocycles. The minimum atomic E-state index is 0.0798. The van der Waals surface area contributed by atoms with Crippen molar-refractivity contribution in [3.8, 4) is 0 Å². The van der Waals surface area contributed by atoms with Gasteiger partial charge in [0.1, 0.15) is 10.7 Å². The summed E-state index contributed by atoms with van der Waals surface area (Å²) in [5.74, 6) is 1.61. The summed E-state index contributed by atoms with van der Waals surface area (Å²) in [6.45, 7) is 1.96. The maximum atomic E-state index is 13.3. The quantitative estimate of drug-likeness (QED) is 0.486. The molecule has 2 saturated heterocycles. The fourth-order valence-electron chi connectivity index (χ4n) is 6.14. The molecule has 5 nitrogen and oxygen atoms in total. The van der Waals surface area contributed by atoms with Gasteiger partial charge in [-0.25, -0.2) is 9.97 Å². The van der Waals surface area contributed by atoms with E-state index in [-0.39, 0.29) is 5.91 Å². The highest BCUT2D eigenvalue weighted by atomic mass is 35.5. The van der Waals surface area contributed by atoms with Crippen LogP contribution in [0.15, 0.2) is 29.6 Å². The van der Waals surface area contributed by atoms with Crippen molar-refractivity contribution in [1.29, 1.82) is 0 Å². The number of nitrogens with zero attached hydrogens (tertiary/aromatic N) is 4. The number of rotatable bonds is 4. The molecule has 0 radical (unpaired) electrons. The second kappa shape index (κ2) is 8.03. The number of aryl methyl sites for hydroxylation is 1. The largest absolute Gasteiger partial charge is 0.339 e. The van der Waals surface area contributed by atoms with Crippen LogP contribution in [0.25, 0.3) is 10.2 Å². The van der Waals surface area contributed by atoms with E-state index in [1.807, 2.05) is 31.0 Å². The molecule has 1 saturated carbocycles. The molecule has 0 spiro atoms. The van der Waals surface area contributed by atoms with Crippen molar-refractivity contribution < 1.29 is 4.79 Å². The van der Waals surface area contributed by atoms with Crippen LogP contribution in [0.2, 0.25) is 5.02 Å². The molecule has 4 atom stereocenters. The first kappa shape index (κ1) is 21.5. The molecule has 1 aromatic carbocycles. The number of aromatic nitrogens is 2. The lowest BCUT2D eigenvalue weighted by molar-refractivity contribution is 0.0563. The molecule has 6 rings (SSSR count). The molecule has 4 heterocycles. The molecule has 2 aliphatic heterocycles. The van der Waals surface area contributed by atoms with E-state index in [2.05, 4.69) is 34.4 Å². The zero-order chi connectivity index (χ0) is 22.9. The molecule has 7 heteroatoms. The zero-order valence-electron chi connectivity index (χ0n) is 19.3. The van der Waals surface area contributed by atoms with E-state index in [1.165, 1.54) is 12.8 Å². The van der Waals surface area contributed by atoms with E-state index in [0.717, 1.165) is 46.6 Å². The summed E-state index contributed by atoms with van der Waals surface area (Å²) in [6, 6.07) is 9.56.